The van der Waals surface area contributed by atoms with Gasteiger partial charge in [0.25, 0.3) is 0 Å². The molecule has 22 heavy (non-hydrogen) atoms. The fourth-order valence-corrected chi connectivity index (χ4v) is 3.59. The molecule has 1 heterocycles. The summed E-state index contributed by atoms with van der Waals surface area (Å²) in [7, 11) is -5.18. The minimum atomic E-state index is -4.59. The molecule has 1 aliphatic heterocycles. The Morgan fingerprint density at radius 3 is 2.14 bits per heavy atom. The van der Waals surface area contributed by atoms with Crippen molar-refractivity contribution in [1.82, 2.24) is 0 Å². The van der Waals surface area contributed by atoms with Crippen LogP contribution in [0.2, 0.25) is 0 Å². The lowest BCUT2D eigenvalue weighted by Gasteiger charge is -2.32. The molecule has 0 amide bonds. The van der Waals surface area contributed by atoms with Crippen molar-refractivity contribution >= 4 is 45.4 Å². The van der Waals surface area contributed by atoms with Gasteiger partial charge in [-0.1, -0.05) is 6.07 Å². The van der Waals surface area contributed by atoms with Crippen LogP contribution in [0.3, 0.4) is 0 Å². The van der Waals surface area contributed by atoms with Gasteiger partial charge in [0.1, 0.15) is 5.75 Å². The van der Waals surface area contributed by atoms with Crippen molar-refractivity contribution in [3.63, 3.8) is 0 Å². The van der Waals surface area contributed by atoms with Gasteiger partial charge in [0.15, 0.2) is 0 Å². The van der Waals surface area contributed by atoms with Crippen molar-refractivity contribution in [1.29, 1.82) is 0 Å². The molecule has 1 aliphatic rings. The minimum Gasteiger partial charge on any atom is -0.399 e. The third kappa shape index (κ3) is 3.65. The van der Waals surface area contributed by atoms with Gasteiger partial charge in [0.05, 0.1) is 11.2 Å². The molecule has 2 rings (SSSR count). The Morgan fingerprint density at radius 2 is 1.68 bits per heavy atom. The van der Waals surface area contributed by atoms with Gasteiger partial charge in [-0.25, -0.2) is 0 Å². The van der Waals surface area contributed by atoms with Gasteiger partial charge in [0.2, 0.25) is 0 Å². The average Bonchev–Trinajstić information content (AvgIpc) is 2.52. The van der Waals surface area contributed by atoms with Gasteiger partial charge in [0, 0.05) is 3.57 Å². The lowest BCUT2D eigenvalue weighted by molar-refractivity contribution is 0.00578. The summed E-state index contributed by atoms with van der Waals surface area (Å²) < 4.78 is 47.8. The molecule has 0 N–H and O–H groups in total. The van der Waals surface area contributed by atoms with Gasteiger partial charge < -0.3 is 9.31 Å². The fraction of sp³-hybridized carbons (Fsp3) is 0.571. The smallest absolute Gasteiger partial charge is 0.399 e. The molecule has 0 aromatic heterocycles. The summed E-state index contributed by atoms with van der Waals surface area (Å²) in [4.78, 5) is 0. The number of halogens is 2. The summed E-state index contributed by atoms with van der Waals surface area (Å²) in [6, 6.07) is 3.53. The standard InChI is InChI=1S/C14H19BFIO4S/c1-9-10(8-22(16,18)19)6-11(7-12(9)17)15-20-13(2,3)14(4,5)21-15/h6-7H,8H2,1-5H3. The highest BCUT2D eigenvalue weighted by Gasteiger charge is 2.51. The summed E-state index contributed by atoms with van der Waals surface area (Å²) >= 11 is 2.10. The van der Waals surface area contributed by atoms with E-state index in [4.69, 9.17) is 9.31 Å². The maximum absolute atomic E-state index is 13.0. The maximum Gasteiger partial charge on any atom is 0.494 e. The van der Waals surface area contributed by atoms with Gasteiger partial charge in [-0.15, -0.1) is 3.89 Å². The van der Waals surface area contributed by atoms with Crippen molar-refractivity contribution < 1.29 is 21.6 Å². The van der Waals surface area contributed by atoms with E-state index in [9.17, 15) is 12.3 Å². The Hall–Kier alpha value is -0.185. The Kier molecular flexibility index (Phi) is 4.72. The molecule has 0 spiro atoms. The topological polar surface area (TPSA) is 52.6 Å². The van der Waals surface area contributed by atoms with Crippen LogP contribution >= 0.6 is 22.6 Å². The second-order valence-electron chi connectivity index (χ2n) is 6.56. The second kappa shape index (κ2) is 5.72. The highest BCUT2D eigenvalue weighted by Crippen LogP contribution is 2.36. The summed E-state index contributed by atoms with van der Waals surface area (Å²) in [6.07, 6.45) is 0. The van der Waals surface area contributed by atoms with E-state index in [1.807, 2.05) is 33.8 Å². The first-order chi connectivity index (χ1) is 9.82. The van der Waals surface area contributed by atoms with E-state index < -0.39 is 34.3 Å². The van der Waals surface area contributed by atoms with E-state index in [-0.39, 0.29) is 0 Å². The molecular weight excluding hydrogens is 421 g/mol. The van der Waals surface area contributed by atoms with Gasteiger partial charge >= 0.3 is 17.3 Å². The first-order valence-corrected chi connectivity index (χ1v) is 9.52. The largest absolute Gasteiger partial charge is 0.494 e. The Labute approximate surface area is 145 Å². The van der Waals surface area contributed by atoms with Crippen LogP contribution in [0.4, 0.5) is 3.89 Å². The van der Waals surface area contributed by atoms with Crippen LogP contribution in [-0.4, -0.2) is 26.7 Å². The van der Waals surface area contributed by atoms with Crippen LogP contribution in [0.25, 0.3) is 0 Å². The predicted molar refractivity (Wildman–Crippen MR) is 93.3 cm³/mol. The van der Waals surface area contributed by atoms with Crippen LogP contribution < -0.4 is 5.46 Å². The first kappa shape index (κ1) is 18.2. The molecule has 0 saturated carbocycles. The molecule has 122 valence electrons. The minimum absolute atomic E-state index is 0.430. The van der Waals surface area contributed by atoms with Crippen molar-refractivity contribution in [2.75, 3.05) is 0 Å². The van der Waals surface area contributed by atoms with E-state index >= 15 is 0 Å². The SMILES string of the molecule is Cc1c(I)cc(B2OC(C)(C)C(C)(C)O2)cc1CS(=O)(=O)F. The van der Waals surface area contributed by atoms with Gasteiger partial charge in [-0.2, -0.15) is 8.42 Å². The Balaban J connectivity index is 2.42. The first-order valence-electron chi connectivity index (χ1n) is 6.89. The molecule has 8 heteroatoms. The fourth-order valence-electron chi connectivity index (χ4n) is 2.21. The molecule has 0 bridgehead atoms. The van der Waals surface area contributed by atoms with Crippen LogP contribution in [-0.2, 0) is 25.3 Å². The van der Waals surface area contributed by atoms with Crippen LogP contribution in [0.15, 0.2) is 12.1 Å². The Bertz CT molecular complexity index is 687. The molecule has 4 nitrogen and oxygen atoms in total. The van der Waals surface area contributed by atoms with Crippen LogP contribution in [0.1, 0.15) is 38.8 Å². The number of hydrogen-bond donors (Lipinski definition) is 0. The summed E-state index contributed by atoms with van der Waals surface area (Å²) in [5.41, 5.74) is 0.911. The number of benzene rings is 1. The molecular formula is C14H19BFIO4S. The zero-order valence-electron chi connectivity index (χ0n) is 13.2. The third-order valence-electron chi connectivity index (χ3n) is 4.33. The van der Waals surface area contributed by atoms with Crippen LogP contribution in [0.5, 0.6) is 0 Å². The summed E-state index contributed by atoms with van der Waals surface area (Å²) in [5, 5.41) is 0. The van der Waals surface area contributed by atoms with E-state index in [1.54, 1.807) is 13.0 Å². The molecule has 1 aromatic carbocycles. The molecule has 0 unspecified atom stereocenters. The lowest BCUT2D eigenvalue weighted by Crippen LogP contribution is -2.41. The van der Waals surface area contributed by atoms with Crippen molar-refractivity contribution in [3.05, 3.63) is 26.8 Å². The maximum atomic E-state index is 13.0. The van der Waals surface area contributed by atoms with E-state index in [0.29, 0.717) is 11.0 Å². The monoisotopic (exact) mass is 440 g/mol. The highest BCUT2D eigenvalue weighted by atomic mass is 127. The molecule has 1 fully saturated rings. The molecule has 0 aliphatic carbocycles. The molecule has 1 saturated heterocycles. The van der Waals surface area contributed by atoms with E-state index in [2.05, 4.69) is 22.6 Å². The number of hydrogen-bond acceptors (Lipinski definition) is 4. The van der Waals surface area contributed by atoms with Gasteiger partial charge in [-0.05, 0) is 79.9 Å². The summed E-state index contributed by atoms with van der Waals surface area (Å²) in [6.45, 7) is 9.55. The van der Waals surface area contributed by atoms with Gasteiger partial charge in [-0.3, -0.25) is 0 Å². The van der Waals surface area contributed by atoms with Crippen molar-refractivity contribution in [2.24, 2.45) is 0 Å². The van der Waals surface area contributed by atoms with Crippen molar-refractivity contribution in [2.45, 2.75) is 51.6 Å². The Morgan fingerprint density at radius 1 is 1.18 bits per heavy atom. The predicted octanol–water partition coefficient (Wildman–Crippen LogP) is 2.70. The van der Waals surface area contributed by atoms with E-state index in [1.165, 1.54) is 0 Å². The average molecular weight is 440 g/mol. The van der Waals surface area contributed by atoms with Crippen LogP contribution in [0, 0.1) is 10.5 Å². The van der Waals surface area contributed by atoms with Crippen molar-refractivity contribution in [3.8, 4) is 0 Å². The normalized spacial score (nSPS) is 20.4. The summed E-state index contributed by atoms with van der Waals surface area (Å²) in [5.74, 6) is -0.637. The quantitative estimate of drug-likeness (QED) is 0.412. The second-order valence-corrected chi connectivity index (χ2v) is 9.09. The third-order valence-corrected chi connectivity index (χ3v) is 6.10. The highest BCUT2D eigenvalue weighted by molar-refractivity contribution is 14.1. The number of rotatable bonds is 3. The zero-order valence-corrected chi connectivity index (χ0v) is 16.2. The molecule has 1 aromatic rings. The molecule has 0 radical (unpaired) electrons. The zero-order chi connectivity index (χ0) is 16.9. The lowest BCUT2D eigenvalue weighted by atomic mass is 9.78. The molecule has 0 atom stereocenters. The van der Waals surface area contributed by atoms with E-state index in [0.717, 1.165) is 9.13 Å².